The molecular formula is C15H24N2O3. The molecule has 0 bridgehead atoms. The predicted molar refractivity (Wildman–Crippen MR) is 76.9 cm³/mol. The summed E-state index contributed by atoms with van der Waals surface area (Å²) in [6.07, 6.45) is 1.89. The van der Waals surface area contributed by atoms with Gasteiger partial charge in [0.25, 0.3) is 0 Å². The van der Waals surface area contributed by atoms with E-state index in [1.54, 1.807) is 20.4 Å². The largest absolute Gasteiger partial charge is 0.497 e. The smallest absolute Gasteiger partial charge is 0.122 e. The SMILES string of the molecule is COC[C@H]1CN(Cc2cc(OC)ccn2)CC(C)(C)O1. The molecule has 0 spiro atoms. The number of morpholine rings is 1. The summed E-state index contributed by atoms with van der Waals surface area (Å²) < 4.78 is 16.5. The van der Waals surface area contributed by atoms with E-state index >= 15 is 0 Å². The monoisotopic (exact) mass is 280 g/mol. The van der Waals surface area contributed by atoms with Gasteiger partial charge in [0.1, 0.15) is 5.75 Å². The van der Waals surface area contributed by atoms with Crippen molar-refractivity contribution in [1.29, 1.82) is 0 Å². The van der Waals surface area contributed by atoms with Crippen LogP contribution in [0.1, 0.15) is 19.5 Å². The van der Waals surface area contributed by atoms with Crippen LogP contribution < -0.4 is 4.74 Å². The maximum atomic E-state index is 6.02. The molecule has 0 unspecified atom stereocenters. The van der Waals surface area contributed by atoms with Crippen LogP contribution in [0, 0.1) is 0 Å². The van der Waals surface area contributed by atoms with Crippen molar-refractivity contribution >= 4 is 0 Å². The zero-order valence-corrected chi connectivity index (χ0v) is 12.8. The fourth-order valence-corrected chi connectivity index (χ4v) is 2.71. The van der Waals surface area contributed by atoms with Gasteiger partial charge in [-0.25, -0.2) is 0 Å². The van der Waals surface area contributed by atoms with Gasteiger partial charge in [-0.15, -0.1) is 0 Å². The fourth-order valence-electron chi connectivity index (χ4n) is 2.71. The first-order valence-corrected chi connectivity index (χ1v) is 6.90. The lowest BCUT2D eigenvalue weighted by Crippen LogP contribution is -2.53. The fraction of sp³-hybridized carbons (Fsp3) is 0.667. The van der Waals surface area contributed by atoms with Crippen LogP contribution in [0.4, 0.5) is 0 Å². The predicted octanol–water partition coefficient (Wildman–Crippen LogP) is 1.72. The van der Waals surface area contributed by atoms with E-state index in [2.05, 4.69) is 23.7 Å². The van der Waals surface area contributed by atoms with Gasteiger partial charge in [0, 0.05) is 39.0 Å². The maximum Gasteiger partial charge on any atom is 0.122 e. The second-order valence-corrected chi connectivity index (χ2v) is 5.81. The molecule has 1 aromatic rings. The number of nitrogens with zero attached hydrogens (tertiary/aromatic N) is 2. The van der Waals surface area contributed by atoms with Crippen LogP contribution >= 0.6 is 0 Å². The van der Waals surface area contributed by atoms with E-state index in [0.29, 0.717) is 6.61 Å². The van der Waals surface area contributed by atoms with Crippen molar-refractivity contribution in [2.24, 2.45) is 0 Å². The molecule has 112 valence electrons. The number of methoxy groups -OCH3 is 2. The quantitative estimate of drug-likeness (QED) is 0.821. The van der Waals surface area contributed by atoms with Gasteiger partial charge >= 0.3 is 0 Å². The number of aromatic nitrogens is 1. The minimum absolute atomic E-state index is 0.106. The number of hydrogen-bond donors (Lipinski definition) is 0. The third kappa shape index (κ3) is 4.16. The van der Waals surface area contributed by atoms with Gasteiger partial charge in [0.15, 0.2) is 0 Å². The van der Waals surface area contributed by atoms with Crippen LogP contribution in [0.5, 0.6) is 5.75 Å². The molecule has 0 N–H and O–H groups in total. The lowest BCUT2D eigenvalue weighted by molar-refractivity contribution is -0.154. The molecule has 1 atom stereocenters. The summed E-state index contributed by atoms with van der Waals surface area (Å²) in [4.78, 5) is 6.76. The second kappa shape index (κ2) is 6.52. The van der Waals surface area contributed by atoms with E-state index in [-0.39, 0.29) is 11.7 Å². The van der Waals surface area contributed by atoms with Crippen LogP contribution in [-0.4, -0.2) is 55.5 Å². The molecule has 0 amide bonds. The van der Waals surface area contributed by atoms with Crippen molar-refractivity contribution in [2.45, 2.75) is 32.1 Å². The van der Waals surface area contributed by atoms with Crippen molar-refractivity contribution in [2.75, 3.05) is 33.9 Å². The summed E-state index contributed by atoms with van der Waals surface area (Å²) in [5, 5.41) is 0. The normalized spacial score (nSPS) is 22.7. The van der Waals surface area contributed by atoms with E-state index < -0.39 is 0 Å². The standard InChI is InChI=1S/C15H24N2O3/c1-15(2)11-17(9-14(20-15)10-18-3)8-12-7-13(19-4)5-6-16-12/h5-7,14H,8-11H2,1-4H3/t14-/m1/s1. The maximum absolute atomic E-state index is 6.02. The van der Waals surface area contributed by atoms with Crippen molar-refractivity contribution in [3.8, 4) is 5.75 Å². The summed E-state index contributed by atoms with van der Waals surface area (Å²) in [5.74, 6) is 0.843. The van der Waals surface area contributed by atoms with Gasteiger partial charge in [0.2, 0.25) is 0 Å². The lowest BCUT2D eigenvalue weighted by atomic mass is 10.0. The molecule has 1 aliphatic rings. The highest BCUT2D eigenvalue weighted by Gasteiger charge is 2.33. The molecule has 2 heterocycles. The summed E-state index contributed by atoms with van der Waals surface area (Å²) in [6, 6.07) is 3.84. The van der Waals surface area contributed by atoms with Gasteiger partial charge in [-0.1, -0.05) is 0 Å². The molecule has 5 heteroatoms. The Labute approximate surface area is 120 Å². The number of pyridine rings is 1. The molecule has 1 fully saturated rings. The Hall–Kier alpha value is -1.17. The molecule has 1 aromatic heterocycles. The van der Waals surface area contributed by atoms with Crippen LogP contribution in [-0.2, 0) is 16.0 Å². The number of hydrogen-bond acceptors (Lipinski definition) is 5. The summed E-state index contributed by atoms with van der Waals surface area (Å²) in [5.41, 5.74) is 0.846. The van der Waals surface area contributed by atoms with Crippen LogP contribution in [0.25, 0.3) is 0 Å². The summed E-state index contributed by atoms with van der Waals surface area (Å²) in [7, 11) is 3.38. The molecule has 0 saturated carbocycles. The molecular weight excluding hydrogens is 256 g/mol. The van der Waals surface area contributed by atoms with Crippen molar-refractivity contribution in [1.82, 2.24) is 9.88 Å². The Morgan fingerprint density at radius 2 is 2.25 bits per heavy atom. The summed E-state index contributed by atoms with van der Waals surface area (Å²) >= 11 is 0. The highest BCUT2D eigenvalue weighted by atomic mass is 16.5. The van der Waals surface area contributed by atoms with Gasteiger partial charge in [-0.3, -0.25) is 9.88 Å². The lowest BCUT2D eigenvalue weighted by Gasteiger charge is -2.42. The molecule has 0 aliphatic carbocycles. The van der Waals surface area contributed by atoms with Gasteiger partial charge in [0.05, 0.1) is 31.1 Å². The minimum atomic E-state index is -0.166. The Bertz CT molecular complexity index is 437. The second-order valence-electron chi connectivity index (χ2n) is 5.81. The van der Waals surface area contributed by atoms with Crippen LogP contribution in [0.3, 0.4) is 0 Å². The molecule has 20 heavy (non-hydrogen) atoms. The van der Waals surface area contributed by atoms with E-state index in [1.807, 2.05) is 12.1 Å². The minimum Gasteiger partial charge on any atom is -0.497 e. The van der Waals surface area contributed by atoms with Crippen LogP contribution in [0.2, 0.25) is 0 Å². The Morgan fingerprint density at radius 3 is 2.95 bits per heavy atom. The Balaban J connectivity index is 2.03. The first kappa shape index (κ1) is 15.2. The average molecular weight is 280 g/mol. The molecule has 0 radical (unpaired) electrons. The molecule has 0 aromatic carbocycles. The van der Waals surface area contributed by atoms with Gasteiger partial charge in [-0.05, 0) is 19.9 Å². The van der Waals surface area contributed by atoms with Gasteiger partial charge < -0.3 is 14.2 Å². The number of ether oxygens (including phenoxy) is 3. The molecule has 1 saturated heterocycles. The Kier molecular flexibility index (Phi) is 4.96. The third-order valence-electron chi connectivity index (χ3n) is 3.31. The van der Waals surface area contributed by atoms with E-state index in [0.717, 1.165) is 31.1 Å². The Morgan fingerprint density at radius 1 is 1.45 bits per heavy atom. The topological polar surface area (TPSA) is 43.8 Å². The average Bonchev–Trinajstić information content (AvgIpc) is 2.37. The van der Waals surface area contributed by atoms with E-state index in [9.17, 15) is 0 Å². The molecule has 2 rings (SSSR count). The highest BCUT2D eigenvalue weighted by molar-refractivity contribution is 5.22. The summed E-state index contributed by atoms with van der Waals surface area (Å²) in [6.45, 7) is 7.37. The van der Waals surface area contributed by atoms with Gasteiger partial charge in [-0.2, -0.15) is 0 Å². The third-order valence-corrected chi connectivity index (χ3v) is 3.31. The first-order valence-electron chi connectivity index (χ1n) is 6.90. The van der Waals surface area contributed by atoms with Crippen molar-refractivity contribution in [3.63, 3.8) is 0 Å². The molecule has 1 aliphatic heterocycles. The zero-order valence-electron chi connectivity index (χ0n) is 12.8. The van der Waals surface area contributed by atoms with E-state index in [4.69, 9.17) is 14.2 Å². The van der Waals surface area contributed by atoms with Crippen molar-refractivity contribution in [3.05, 3.63) is 24.0 Å². The zero-order chi connectivity index (χ0) is 14.6. The number of rotatable bonds is 5. The van der Waals surface area contributed by atoms with Crippen LogP contribution in [0.15, 0.2) is 18.3 Å². The van der Waals surface area contributed by atoms with E-state index in [1.165, 1.54) is 0 Å². The first-order chi connectivity index (χ1) is 9.52. The van der Waals surface area contributed by atoms with Crippen molar-refractivity contribution < 1.29 is 14.2 Å². The highest BCUT2D eigenvalue weighted by Crippen LogP contribution is 2.23. The molecule has 5 nitrogen and oxygen atoms in total.